The Bertz CT molecular complexity index is 981. The summed E-state index contributed by atoms with van der Waals surface area (Å²) >= 11 is 0. The number of aldehydes is 1. The van der Waals surface area contributed by atoms with Crippen LogP contribution in [0.25, 0.3) is 32.7 Å². The Hall–Kier alpha value is -2.93. The number of carbonyl (C=O) groups is 1. The van der Waals surface area contributed by atoms with Gasteiger partial charge in [0.2, 0.25) is 0 Å². The molecule has 0 unspecified atom stereocenters. The summed E-state index contributed by atoms with van der Waals surface area (Å²) < 4.78 is 0. The van der Waals surface area contributed by atoms with Crippen LogP contribution in [0.15, 0.2) is 78.9 Å². The standard InChI is InChI=1S/C21H14O/c22-14-15-9-11-16(12-10-15)21-13-17-5-1-2-6-18(17)19-7-3-4-8-20(19)21/h1-14H. The van der Waals surface area contributed by atoms with Crippen LogP contribution in [0.4, 0.5) is 0 Å². The summed E-state index contributed by atoms with van der Waals surface area (Å²) in [4.78, 5) is 10.8. The second-order valence-electron chi connectivity index (χ2n) is 5.43. The molecule has 0 atom stereocenters. The summed E-state index contributed by atoms with van der Waals surface area (Å²) in [6.45, 7) is 0. The number of fused-ring (bicyclic) bond motifs is 3. The van der Waals surface area contributed by atoms with E-state index < -0.39 is 0 Å². The number of benzene rings is 4. The molecule has 0 bridgehead atoms. The molecule has 0 saturated carbocycles. The number of hydrogen-bond donors (Lipinski definition) is 0. The summed E-state index contributed by atoms with van der Waals surface area (Å²) in [6.07, 6.45) is 0.877. The van der Waals surface area contributed by atoms with Gasteiger partial charge < -0.3 is 0 Å². The van der Waals surface area contributed by atoms with E-state index in [1.54, 1.807) is 0 Å². The minimum Gasteiger partial charge on any atom is -0.298 e. The molecule has 0 aliphatic heterocycles. The van der Waals surface area contributed by atoms with E-state index in [1.165, 1.54) is 27.1 Å². The molecule has 0 saturated heterocycles. The third kappa shape index (κ3) is 1.99. The zero-order valence-electron chi connectivity index (χ0n) is 12.0. The lowest BCUT2D eigenvalue weighted by molar-refractivity contribution is 0.112. The molecule has 4 rings (SSSR count). The minimum absolute atomic E-state index is 0.703. The third-order valence-corrected chi connectivity index (χ3v) is 4.13. The Morgan fingerprint density at radius 1 is 0.636 bits per heavy atom. The Morgan fingerprint density at radius 3 is 2.00 bits per heavy atom. The van der Waals surface area contributed by atoms with Crippen molar-refractivity contribution in [2.45, 2.75) is 0 Å². The van der Waals surface area contributed by atoms with Gasteiger partial charge in [-0.1, -0.05) is 72.8 Å². The summed E-state index contributed by atoms with van der Waals surface area (Å²) in [5, 5.41) is 5.00. The largest absolute Gasteiger partial charge is 0.298 e. The highest BCUT2D eigenvalue weighted by molar-refractivity contribution is 6.13. The van der Waals surface area contributed by atoms with E-state index in [0.29, 0.717) is 5.56 Å². The molecule has 1 heteroatoms. The maximum absolute atomic E-state index is 10.8. The highest BCUT2D eigenvalue weighted by atomic mass is 16.1. The molecule has 4 aromatic carbocycles. The van der Waals surface area contributed by atoms with Crippen LogP contribution in [0.3, 0.4) is 0 Å². The maximum Gasteiger partial charge on any atom is 0.150 e. The normalized spacial score (nSPS) is 10.9. The summed E-state index contributed by atoms with van der Waals surface area (Å²) in [5.41, 5.74) is 3.04. The van der Waals surface area contributed by atoms with E-state index in [0.717, 1.165) is 11.8 Å². The second-order valence-corrected chi connectivity index (χ2v) is 5.43. The lowest BCUT2D eigenvalue weighted by Gasteiger charge is -2.11. The van der Waals surface area contributed by atoms with E-state index in [-0.39, 0.29) is 0 Å². The summed E-state index contributed by atoms with van der Waals surface area (Å²) in [7, 11) is 0. The molecule has 22 heavy (non-hydrogen) atoms. The Labute approximate surface area is 128 Å². The van der Waals surface area contributed by atoms with Crippen LogP contribution in [0.2, 0.25) is 0 Å². The van der Waals surface area contributed by atoms with Gasteiger partial charge in [0.1, 0.15) is 6.29 Å². The first-order valence-electron chi connectivity index (χ1n) is 7.33. The van der Waals surface area contributed by atoms with Crippen LogP contribution >= 0.6 is 0 Å². The van der Waals surface area contributed by atoms with Crippen LogP contribution in [-0.2, 0) is 0 Å². The van der Waals surface area contributed by atoms with Crippen molar-refractivity contribution in [3.05, 3.63) is 84.4 Å². The molecular weight excluding hydrogens is 268 g/mol. The van der Waals surface area contributed by atoms with Gasteiger partial charge in [0.15, 0.2) is 0 Å². The van der Waals surface area contributed by atoms with Crippen LogP contribution in [0.5, 0.6) is 0 Å². The van der Waals surface area contributed by atoms with Crippen molar-refractivity contribution >= 4 is 27.8 Å². The maximum atomic E-state index is 10.8. The molecule has 1 nitrogen and oxygen atoms in total. The molecule has 0 aliphatic rings. The first-order chi connectivity index (χ1) is 10.9. The van der Waals surface area contributed by atoms with Crippen molar-refractivity contribution in [2.75, 3.05) is 0 Å². The van der Waals surface area contributed by atoms with Gasteiger partial charge in [-0.05, 0) is 38.7 Å². The van der Waals surface area contributed by atoms with E-state index >= 15 is 0 Å². The Morgan fingerprint density at radius 2 is 1.27 bits per heavy atom. The minimum atomic E-state index is 0.703. The van der Waals surface area contributed by atoms with Crippen LogP contribution < -0.4 is 0 Å². The first-order valence-corrected chi connectivity index (χ1v) is 7.33. The average molecular weight is 282 g/mol. The topological polar surface area (TPSA) is 17.1 Å². The number of hydrogen-bond acceptors (Lipinski definition) is 1. The molecule has 0 spiro atoms. The molecule has 4 aromatic rings. The SMILES string of the molecule is O=Cc1ccc(-c2cc3ccccc3c3ccccc23)cc1. The average Bonchev–Trinajstić information content (AvgIpc) is 2.61. The number of rotatable bonds is 2. The fourth-order valence-corrected chi connectivity index (χ4v) is 3.03. The second kappa shape index (κ2) is 5.12. The van der Waals surface area contributed by atoms with Crippen LogP contribution in [-0.4, -0.2) is 6.29 Å². The van der Waals surface area contributed by atoms with Crippen LogP contribution in [0, 0.1) is 0 Å². The lowest BCUT2D eigenvalue weighted by atomic mass is 9.93. The molecule has 0 N–H and O–H groups in total. The molecular formula is C21H14O. The van der Waals surface area contributed by atoms with Crippen molar-refractivity contribution in [3.8, 4) is 11.1 Å². The zero-order chi connectivity index (χ0) is 14.9. The molecule has 0 radical (unpaired) electrons. The summed E-state index contributed by atoms with van der Waals surface area (Å²) in [5.74, 6) is 0. The van der Waals surface area contributed by atoms with Gasteiger partial charge in [0.05, 0.1) is 0 Å². The monoisotopic (exact) mass is 282 g/mol. The van der Waals surface area contributed by atoms with Crippen molar-refractivity contribution in [1.29, 1.82) is 0 Å². The summed E-state index contributed by atoms with van der Waals surface area (Å²) in [6, 6.07) is 26.9. The van der Waals surface area contributed by atoms with Crippen LogP contribution in [0.1, 0.15) is 10.4 Å². The van der Waals surface area contributed by atoms with Gasteiger partial charge in [-0.3, -0.25) is 4.79 Å². The Balaban J connectivity index is 2.08. The van der Waals surface area contributed by atoms with Gasteiger partial charge >= 0.3 is 0 Å². The van der Waals surface area contributed by atoms with Gasteiger partial charge in [-0.15, -0.1) is 0 Å². The molecule has 0 heterocycles. The Kier molecular flexibility index (Phi) is 2.97. The zero-order valence-corrected chi connectivity index (χ0v) is 12.0. The van der Waals surface area contributed by atoms with E-state index in [2.05, 4.69) is 54.6 Å². The van der Waals surface area contributed by atoms with E-state index in [9.17, 15) is 4.79 Å². The highest BCUT2D eigenvalue weighted by Crippen LogP contribution is 2.34. The molecule has 104 valence electrons. The fourth-order valence-electron chi connectivity index (χ4n) is 3.03. The van der Waals surface area contributed by atoms with Gasteiger partial charge in [0, 0.05) is 5.56 Å². The quantitative estimate of drug-likeness (QED) is 0.352. The van der Waals surface area contributed by atoms with Gasteiger partial charge in [-0.2, -0.15) is 0 Å². The van der Waals surface area contributed by atoms with Crippen molar-refractivity contribution in [1.82, 2.24) is 0 Å². The number of carbonyl (C=O) groups excluding carboxylic acids is 1. The van der Waals surface area contributed by atoms with E-state index in [4.69, 9.17) is 0 Å². The highest BCUT2D eigenvalue weighted by Gasteiger charge is 2.07. The molecule has 0 amide bonds. The first kappa shape index (κ1) is 12.8. The lowest BCUT2D eigenvalue weighted by Crippen LogP contribution is -1.85. The van der Waals surface area contributed by atoms with Crippen molar-refractivity contribution in [2.24, 2.45) is 0 Å². The van der Waals surface area contributed by atoms with Gasteiger partial charge in [0.25, 0.3) is 0 Å². The molecule has 0 aromatic heterocycles. The van der Waals surface area contributed by atoms with Crippen molar-refractivity contribution in [3.63, 3.8) is 0 Å². The molecule has 0 aliphatic carbocycles. The van der Waals surface area contributed by atoms with Gasteiger partial charge in [-0.25, -0.2) is 0 Å². The predicted molar refractivity (Wildman–Crippen MR) is 92.3 cm³/mol. The predicted octanol–water partition coefficient (Wildman–Crippen LogP) is 5.47. The van der Waals surface area contributed by atoms with Crippen molar-refractivity contribution < 1.29 is 4.79 Å². The third-order valence-electron chi connectivity index (χ3n) is 4.13. The van der Waals surface area contributed by atoms with E-state index in [1.807, 2.05) is 24.3 Å². The fraction of sp³-hybridized carbons (Fsp3) is 0. The molecule has 0 fully saturated rings. The smallest absolute Gasteiger partial charge is 0.150 e.